The molecule has 0 aliphatic carbocycles. The smallest absolute Gasteiger partial charge is 0.107 e. The summed E-state index contributed by atoms with van der Waals surface area (Å²) in [5.41, 5.74) is 8.01. The van der Waals surface area contributed by atoms with Crippen molar-refractivity contribution in [3.8, 4) is 0 Å². The SMILES string of the molecule is CSc1cccc(N(C)CCc2cccs2)c1C(N)=S. The first-order valence-electron chi connectivity index (χ1n) is 6.33. The van der Waals surface area contributed by atoms with Crippen molar-refractivity contribution in [2.45, 2.75) is 11.3 Å². The zero-order chi connectivity index (χ0) is 14.5. The molecule has 0 aliphatic heterocycles. The number of thiophene rings is 1. The zero-order valence-corrected chi connectivity index (χ0v) is 14.1. The number of benzene rings is 1. The topological polar surface area (TPSA) is 29.3 Å². The fraction of sp³-hybridized carbons (Fsp3) is 0.267. The highest BCUT2D eigenvalue weighted by atomic mass is 32.2. The molecule has 0 fully saturated rings. The first kappa shape index (κ1) is 15.4. The maximum atomic E-state index is 5.91. The minimum absolute atomic E-state index is 0.466. The molecule has 0 spiro atoms. The van der Waals surface area contributed by atoms with Crippen molar-refractivity contribution in [3.05, 3.63) is 46.2 Å². The number of likely N-dealkylation sites (N-methyl/N-ethyl adjacent to an activating group) is 1. The van der Waals surface area contributed by atoms with E-state index in [-0.39, 0.29) is 0 Å². The summed E-state index contributed by atoms with van der Waals surface area (Å²) in [6.07, 6.45) is 3.08. The van der Waals surface area contributed by atoms with E-state index in [0.29, 0.717) is 4.99 Å². The third-order valence-corrected chi connectivity index (χ3v) is 5.08. The number of thiocarbonyl (C=S) groups is 1. The molecule has 0 amide bonds. The Kier molecular flexibility index (Phi) is 5.46. The molecule has 2 N–H and O–H groups in total. The number of nitrogens with zero attached hydrogens (tertiary/aromatic N) is 1. The molecule has 0 radical (unpaired) electrons. The molecule has 0 aliphatic rings. The van der Waals surface area contributed by atoms with Gasteiger partial charge in [0.05, 0.1) is 0 Å². The fourth-order valence-corrected chi connectivity index (χ4v) is 3.72. The maximum Gasteiger partial charge on any atom is 0.107 e. The first-order valence-corrected chi connectivity index (χ1v) is 8.85. The van der Waals surface area contributed by atoms with Crippen LogP contribution in [-0.4, -0.2) is 24.8 Å². The normalized spacial score (nSPS) is 10.5. The van der Waals surface area contributed by atoms with Crippen molar-refractivity contribution in [1.82, 2.24) is 0 Å². The van der Waals surface area contributed by atoms with Gasteiger partial charge in [-0.3, -0.25) is 0 Å². The average molecular weight is 323 g/mol. The van der Waals surface area contributed by atoms with E-state index in [4.69, 9.17) is 18.0 Å². The van der Waals surface area contributed by atoms with Crippen LogP contribution in [0.4, 0.5) is 5.69 Å². The predicted molar refractivity (Wildman–Crippen MR) is 95.4 cm³/mol. The molecule has 106 valence electrons. The molecule has 2 aromatic rings. The van der Waals surface area contributed by atoms with E-state index in [1.165, 1.54) is 4.88 Å². The molecular formula is C15H18N2S3. The summed E-state index contributed by atoms with van der Waals surface area (Å²) < 4.78 is 0. The molecular weight excluding hydrogens is 304 g/mol. The molecule has 0 unspecified atom stereocenters. The monoisotopic (exact) mass is 322 g/mol. The summed E-state index contributed by atoms with van der Waals surface area (Å²) >= 11 is 8.70. The van der Waals surface area contributed by atoms with Crippen LogP contribution in [0.5, 0.6) is 0 Å². The van der Waals surface area contributed by atoms with Gasteiger partial charge in [-0.2, -0.15) is 0 Å². The molecule has 2 rings (SSSR count). The zero-order valence-electron chi connectivity index (χ0n) is 11.6. The lowest BCUT2D eigenvalue weighted by molar-refractivity contribution is 0.884. The van der Waals surface area contributed by atoms with Gasteiger partial charge in [0.2, 0.25) is 0 Å². The van der Waals surface area contributed by atoms with E-state index in [1.54, 1.807) is 23.1 Å². The van der Waals surface area contributed by atoms with Crippen LogP contribution in [0.3, 0.4) is 0 Å². The summed E-state index contributed by atoms with van der Waals surface area (Å²) in [6, 6.07) is 10.5. The van der Waals surface area contributed by atoms with E-state index in [0.717, 1.165) is 29.1 Å². The Morgan fingerprint density at radius 2 is 2.15 bits per heavy atom. The van der Waals surface area contributed by atoms with Gasteiger partial charge in [-0.25, -0.2) is 0 Å². The van der Waals surface area contributed by atoms with Gasteiger partial charge in [-0.1, -0.05) is 24.4 Å². The Morgan fingerprint density at radius 1 is 1.35 bits per heavy atom. The molecule has 2 nitrogen and oxygen atoms in total. The number of nitrogens with two attached hydrogens (primary N) is 1. The summed E-state index contributed by atoms with van der Waals surface area (Å²) in [7, 11) is 2.09. The van der Waals surface area contributed by atoms with Crippen molar-refractivity contribution in [1.29, 1.82) is 0 Å². The van der Waals surface area contributed by atoms with Crippen LogP contribution >= 0.6 is 35.3 Å². The Morgan fingerprint density at radius 3 is 2.75 bits per heavy atom. The second-order valence-corrected chi connectivity index (χ2v) is 6.79. The minimum Gasteiger partial charge on any atom is -0.389 e. The van der Waals surface area contributed by atoms with Gasteiger partial charge in [0, 0.05) is 34.6 Å². The summed E-state index contributed by atoms with van der Waals surface area (Å²) in [6.45, 7) is 0.952. The van der Waals surface area contributed by atoms with Crippen LogP contribution in [0.15, 0.2) is 40.6 Å². The van der Waals surface area contributed by atoms with Crippen molar-refractivity contribution in [2.75, 3.05) is 24.7 Å². The third-order valence-electron chi connectivity index (χ3n) is 3.16. The third kappa shape index (κ3) is 3.53. The first-order chi connectivity index (χ1) is 9.63. The van der Waals surface area contributed by atoms with Gasteiger partial charge < -0.3 is 10.6 Å². The van der Waals surface area contributed by atoms with E-state index >= 15 is 0 Å². The molecule has 0 bridgehead atoms. The second kappa shape index (κ2) is 7.11. The molecule has 0 saturated carbocycles. The van der Waals surface area contributed by atoms with E-state index in [1.807, 2.05) is 6.26 Å². The molecule has 0 saturated heterocycles. The van der Waals surface area contributed by atoms with Crippen molar-refractivity contribution >= 4 is 46.0 Å². The molecule has 1 aromatic heterocycles. The summed E-state index contributed by atoms with van der Waals surface area (Å²) in [4.78, 5) is 5.23. The van der Waals surface area contributed by atoms with Crippen LogP contribution in [0, 0.1) is 0 Å². The number of thioether (sulfide) groups is 1. The number of hydrogen-bond acceptors (Lipinski definition) is 4. The van der Waals surface area contributed by atoms with E-state index in [2.05, 4.69) is 47.7 Å². The molecule has 1 heterocycles. The van der Waals surface area contributed by atoms with Crippen molar-refractivity contribution < 1.29 is 0 Å². The van der Waals surface area contributed by atoms with Crippen LogP contribution in [-0.2, 0) is 6.42 Å². The van der Waals surface area contributed by atoms with Crippen molar-refractivity contribution in [3.63, 3.8) is 0 Å². The van der Waals surface area contributed by atoms with E-state index < -0.39 is 0 Å². The molecule has 20 heavy (non-hydrogen) atoms. The number of hydrogen-bond donors (Lipinski definition) is 1. The lowest BCUT2D eigenvalue weighted by Crippen LogP contribution is -2.24. The highest BCUT2D eigenvalue weighted by Gasteiger charge is 2.13. The predicted octanol–water partition coefficient (Wildman–Crippen LogP) is 3.78. The molecule has 5 heteroatoms. The van der Waals surface area contributed by atoms with Gasteiger partial charge in [0.25, 0.3) is 0 Å². The maximum absolute atomic E-state index is 5.91. The van der Waals surface area contributed by atoms with Gasteiger partial charge >= 0.3 is 0 Å². The Hall–Kier alpha value is -1.04. The second-order valence-electron chi connectivity index (χ2n) is 4.47. The average Bonchev–Trinajstić information content (AvgIpc) is 2.96. The van der Waals surface area contributed by atoms with Gasteiger partial charge in [0.1, 0.15) is 4.99 Å². The standard InChI is InChI=1S/C15H18N2S3/c1-17(9-8-11-5-4-10-20-11)12-6-3-7-13(19-2)14(12)15(16)18/h3-7,10H,8-9H2,1-2H3,(H2,16,18). The summed E-state index contributed by atoms with van der Waals surface area (Å²) in [5.74, 6) is 0. The molecule has 0 atom stereocenters. The Balaban J connectivity index is 2.20. The number of rotatable bonds is 6. The van der Waals surface area contributed by atoms with Gasteiger partial charge in [-0.15, -0.1) is 23.1 Å². The lowest BCUT2D eigenvalue weighted by atomic mass is 10.1. The van der Waals surface area contributed by atoms with E-state index in [9.17, 15) is 0 Å². The van der Waals surface area contributed by atoms with Gasteiger partial charge in [0.15, 0.2) is 0 Å². The van der Waals surface area contributed by atoms with Crippen LogP contribution in [0.1, 0.15) is 10.4 Å². The van der Waals surface area contributed by atoms with Gasteiger partial charge in [-0.05, 0) is 36.3 Å². The quantitative estimate of drug-likeness (QED) is 0.647. The Labute approximate surface area is 134 Å². The Bertz CT molecular complexity index is 579. The highest BCUT2D eigenvalue weighted by molar-refractivity contribution is 7.98. The lowest BCUT2D eigenvalue weighted by Gasteiger charge is -2.23. The minimum atomic E-state index is 0.466. The largest absolute Gasteiger partial charge is 0.389 e. The molecule has 1 aromatic carbocycles. The van der Waals surface area contributed by atoms with Crippen LogP contribution in [0.2, 0.25) is 0 Å². The highest BCUT2D eigenvalue weighted by Crippen LogP contribution is 2.29. The number of anilines is 1. The van der Waals surface area contributed by atoms with Crippen LogP contribution < -0.4 is 10.6 Å². The summed E-state index contributed by atoms with van der Waals surface area (Å²) in [5, 5.41) is 2.12. The van der Waals surface area contributed by atoms with Crippen LogP contribution in [0.25, 0.3) is 0 Å². The van der Waals surface area contributed by atoms with Crippen molar-refractivity contribution in [2.24, 2.45) is 5.73 Å². The fourth-order valence-electron chi connectivity index (χ4n) is 2.11.